The second-order valence-corrected chi connectivity index (χ2v) is 6.67. The summed E-state index contributed by atoms with van der Waals surface area (Å²) in [7, 11) is 0. The van der Waals surface area contributed by atoms with Gasteiger partial charge in [-0.3, -0.25) is 25.2 Å². The first-order valence-electron chi connectivity index (χ1n) is 9.22. The molecule has 0 aliphatic carbocycles. The maximum Gasteiger partial charge on any atom is 0.281 e. The van der Waals surface area contributed by atoms with Crippen molar-refractivity contribution in [2.45, 2.75) is 0 Å². The van der Waals surface area contributed by atoms with Gasteiger partial charge < -0.3 is 0 Å². The standard InChI is InChI=1S/C22H15N5O3/c28-19-15-10-4-5-11-16(15)20(29)26(19)25-22-23-18-13-7-6-12-17(18)21(30)27(22)24-14-8-2-1-3-9-14/h1-13,24H,(H,23,25). The molecule has 0 unspecified atom stereocenters. The summed E-state index contributed by atoms with van der Waals surface area (Å²) < 4.78 is 1.18. The molecule has 2 heterocycles. The third-order valence-electron chi connectivity index (χ3n) is 4.80. The number of imide groups is 1. The number of nitrogens with one attached hydrogen (secondary N) is 2. The summed E-state index contributed by atoms with van der Waals surface area (Å²) in [6.07, 6.45) is 0. The van der Waals surface area contributed by atoms with Crippen molar-refractivity contribution in [3.8, 4) is 0 Å². The van der Waals surface area contributed by atoms with E-state index in [0.717, 1.165) is 5.01 Å². The molecule has 0 spiro atoms. The highest BCUT2D eigenvalue weighted by molar-refractivity contribution is 6.21. The van der Waals surface area contributed by atoms with Crippen molar-refractivity contribution >= 4 is 34.4 Å². The number of benzene rings is 3. The number of rotatable bonds is 4. The predicted octanol–water partition coefficient (Wildman–Crippen LogP) is 2.89. The summed E-state index contributed by atoms with van der Waals surface area (Å²) in [6.45, 7) is 0. The number of hydrogen-bond donors (Lipinski definition) is 2. The highest BCUT2D eigenvalue weighted by atomic mass is 16.2. The van der Waals surface area contributed by atoms with E-state index in [1.807, 2.05) is 18.2 Å². The van der Waals surface area contributed by atoms with Gasteiger partial charge in [-0.25, -0.2) is 4.98 Å². The Morgan fingerprint density at radius 1 is 0.667 bits per heavy atom. The molecule has 146 valence electrons. The van der Waals surface area contributed by atoms with Crippen LogP contribution in [-0.4, -0.2) is 26.5 Å². The van der Waals surface area contributed by atoms with Crippen LogP contribution >= 0.6 is 0 Å². The van der Waals surface area contributed by atoms with Crippen LogP contribution in [0.3, 0.4) is 0 Å². The molecule has 2 N–H and O–H groups in total. The third kappa shape index (κ3) is 2.78. The SMILES string of the molecule is O=C1c2ccccc2C(=O)N1Nc1nc2ccccc2c(=O)n1Nc1ccccc1. The fourth-order valence-corrected chi connectivity index (χ4v) is 3.34. The van der Waals surface area contributed by atoms with Gasteiger partial charge in [0.15, 0.2) is 0 Å². The van der Waals surface area contributed by atoms with Gasteiger partial charge in [-0.1, -0.05) is 42.5 Å². The first-order valence-corrected chi connectivity index (χ1v) is 9.22. The minimum absolute atomic E-state index is 0.0112. The van der Waals surface area contributed by atoms with Gasteiger partial charge in [0.25, 0.3) is 17.4 Å². The van der Waals surface area contributed by atoms with Crippen LogP contribution in [0.1, 0.15) is 20.7 Å². The summed E-state index contributed by atoms with van der Waals surface area (Å²) in [4.78, 5) is 43.1. The van der Waals surface area contributed by atoms with E-state index in [2.05, 4.69) is 15.8 Å². The molecule has 2 amide bonds. The molecule has 0 saturated carbocycles. The molecular formula is C22H15N5O3. The van der Waals surface area contributed by atoms with Crippen molar-refractivity contribution in [3.63, 3.8) is 0 Å². The van der Waals surface area contributed by atoms with Crippen LogP contribution in [-0.2, 0) is 0 Å². The molecule has 1 aromatic heterocycles. The van der Waals surface area contributed by atoms with E-state index in [0.29, 0.717) is 27.7 Å². The Morgan fingerprint density at radius 2 is 1.27 bits per heavy atom. The molecule has 5 rings (SSSR count). The first-order chi connectivity index (χ1) is 14.6. The van der Waals surface area contributed by atoms with E-state index in [9.17, 15) is 14.4 Å². The zero-order chi connectivity index (χ0) is 20.7. The Balaban J connectivity index is 1.62. The van der Waals surface area contributed by atoms with Crippen LogP contribution in [0.4, 0.5) is 11.6 Å². The molecule has 4 aromatic rings. The van der Waals surface area contributed by atoms with E-state index >= 15 is 0 Å². The van der Waals surface area contributed by atoms with Crippen LogP contribution < -0.4 is 16.4 Å². The van der Waals surface area contributed by atoms with Crippen LogP contribution in [0.5, 0.6) is 0 Å². The molecule has 8 nitrogen and oxygen atoms in total. The molecule has 0 fully saturated rings. The molecule has 0 atom stereocenters. The number of amides is 2. The van der Waals surface area contributed by atoms with Gasteiger partial charge in [-0.2, -0.15) is 9.69 Å². The van der Waals surface area contributed by atoms with E-state index in [1.54, 1.807) is 60.7 Å². The van der Waals surface area contributed by atoms with Crippen LogP contribution in [0.2, 0.25) is 0 Å². The van der Waals surface area contributed by atoms with Crippen LogP contribution in [0, 0.1) is 0 Å². The Hall–Kier alpha value is -4.46. The lowest BCUT2D eigenvalue weighted by Gasteiger charge is -2.20. The van der Waals surface area contributed by atoms with Gasteiger partial charge in [0.05, 0.1) is 27.7 Å². The average Bonchev–Trinajstić information content (AvgIpc) is 3.02. The van der Waals surface area contributed by atoms with Gasteiger partial charge >= 0.3 is 0 Å². The van der Waals surface area contributed by atoms with Gasteiger partial charge in [-0.05, 0) is 36.4 Å². The predicted molar refractivity (Wildman–Crippen MR) is 112 cm³/mol. The topological polar surface area (TPSA) is 96.3 Å². The summed E-state index contributed by atoms with van der Waals surface area (Å²) in [6, 6.07) is 22.5. The van der Waals surface area contributed by atoms with Crippen molar-refractivity contribution < 1.29 is 9.59 Å². The molecule has 0 bridgehead atoms. The van der Waals surface area contributed by atoms with Crippen molar-refractivity contribution in [3.05, 3.63) is 100 Å². The quantitative estimate of drug-likeness (QED) is 0.514. The lowest BCUT2D eigenvalue weighted by molar-refractivity contribution is 0.0689. The minimum atomic E-state index is -0.510. The number of fused-ring (bicyclic) bond motifs is 2. The second kappa shape index (κ2) is 6.85. The van der Waals surface area contributed by atoms with Crippen molar-refractivity contribution in [1.29, 1.82) is 0 Å². The molecule has 0 radical (unpaired) electrons. The van der Waals surface area contributed by atoms with E-state index < -0.39 is 11.8 Å². The monoisotopic (exact) mass is 397 g/mol. The number of carbonyl (C=O) groups excluding carboxylic acids is 2. The molecule has 30 heavy (non-hydrogen) atoms. The summed E-state index contributed by atoms with van der Waals surface area (Å²) in [5.41, 5.74) is 7.01. The second-order valence-electron chi connectivity index (χ2n) is 6.67. The zero-order valence-corrected chi connectivity index (χ0v) is 15.6. The van der Waals surface area contributed by atoms with Gasteiger partial charge in [0.1, 0.15) is 0 Å². The summed E-state index contributed by atoms with van der Waals surface area (Å²) in [5.74, 6) is -1.01. The number of aromatic nitrogens is 2. The molecule has 8 heteroatoms. The summed E-state index contributed by atoms with van der Waals surface area (Å²) >= 11 is 0. The largest absolute Gasteiger partial charge is 0.288 e. The summed E-state index contributed by atoms with van der Waals surface area (Å²) in [5, 5.41) is 1.26. The zero-order valence-electron chi connectivity index (χ0n) is 15.6. The third-order valence-corrected chi connectivity index (χ3v) is 4.80. The number of carbonyl (C=O) groups is 2. The molecule has 1 aliphatic heterocycles. The number of nitrogens with zero attached hydrogens (tertiary/aromatic N) is 3. The number of hydrazine groups is 1. The van der Waals surface area contributed by atoms with Gasteiger partial charge in [0.2, 0.25) is 5.95 Å². The number of para-hydroxylation sites is 2. The highest BCUT2D eigenvalue weighted by Gasteiger charge is 2.36. The molecule has 0 saturated heterocycles. The van der Waals surface area contributed by atoms with Crippen molar-refractivity contribution in [1.82, 2.24) is 14.7 Å². The van der Waals surface area contributed by atoms with E-state index in [4.69, 9.17) is 0 Å². The van der Waals surface area contributed by atoms with Crippen LogP contribution in [0.25, 0.3) is 10.9 Å². The number of anilines is 2. The Morgan fingerprint density at radius 3 is 1.97 bits per heavy atom. The van der Waals surface area contributed by atoms with Crippen molar-refractivity contribution in [2.75, 3.05) is 10.9 Å². The smallest absolute Gasteiger partial charge is 0.281 e. The average molecular weight is 397 g/mol. The Bertz CT molecular complexity index is 1330. The maximum atomic E-state index is 13.1. The number of hydrogen-bond acceptors (Lipinski definition) is 6. The Labute approximate surface area is 170 Å². The van der Waals surface area contributed by atoms with Crippen molar-refractivity contribution in [2.24, 2.45) is 0 Å². The lowest BCUT2D eigenvalue weighted by Crippen LogP contribution is -2.40. The lowest BCUT2D eigenvalue weighted by atomic mass is 10.1. The first kappa shape index (κ1) is 17.6. The fraction of sp³-hybridized carbons (Fsp3) is 0. The van der Waals surface area contributed by atoms with Crippen LogP contribution in [0.15, 0.2) is 83.7 Å². The Kier molecular flexibility index (Phi) is 4.03. The van der Waals surface area contributed by atoms with Gasteiger partial charge in [0, 0.05) is 0 Å². The van der Waals surface area contributed by atoms with Gasteiger partial charge in [-0.15, -0.1) is 0 Å². The molecular weight excluding hydrogens is 382 g/mol. The molecule has 1 aliphatic rings. The minimum Gasteiger partial charge on any atom is -0.288 e. The normalized spacial score (nSPS) is 12.9. The fourth-order valence-electron chi connectivity index (χ4n) is 3.34. The maximum absolute atomic E-state index is 13.1. The highest BCUT2D eigenvalue weighted by Crippen LogP contribution is 2.23. The van der Waals surface area contributed by atoms with E-state index in [1.165, 1.54) is 4.68 Å². The van der Waals surface area contributed by atoms with E-state index in [-0.39, 0.29) is 11.5 Å². The molecule has 3 aromatic carbocycles.